The van der Waals surface area contributed by atoms with Gasteiger partial charge in [-0.15, -0.1) is 5.11 Å². The largest absolute Gasteiger partial charge is 0.369 e. The summed E-state index contributed by atoms with van der Waals surface area (Å²) < 4.78 is 0. The Labute approximate surface area is 266 Å². The molecule has 0 atom stereocenters. The van der Waals surface area contributed by atoms with Crippen LogP contribution in [-0.2, 0) is 20.8 Å². The van der Waals surface area contributed by atoms with Gasteiger partial charge in [0.15, 0.2) is 5.84 Å². The fourth-order valence-corrected chi connectivity index (χ4v) is 4.84. The van der Waals surface area contributed by atoms with Crippen molar-refractivity contribution in [3.63, 3.8) is 0 Å². The summed E-state index contributed by atoms with van der Waals surface area (Å²) in [5, 5.41) is 24.0. The lowest BCUT2D eigenvalue weighted by molar-refractivity contribution is -0.127. The fraction of sp³-hybridized carbons (Fsp3) is 0.355. The lowest BCUT2D eigenvalue weighted by Crippen LogP contribution is -2.43. The minimum atomic E-state index is -0.461. The number of H-pyrrole nitrogens is 1. The number of nitrogens with zero attached hydrogens (tertiary/aromatic N) is 4. The van der Waals surface area contributed by atoms with Crippen molar-refractivity contribution in [3.8, 4) is 0 Å². The van der Waals surface area contributed by atoms with Gasteiger partial charge in [-0.2, -0.15) is 0 Å². The topological polar surface area (TPSA) is 230 Å². The number of amidine groups is 1. The van der Waals surface area contributed by atoms with Crippen LogP contribution in [0.15, 0.2) is 53.6 Å². The predicted octanol–water partition coefficient (Wildman–Crippen LogP) is 1.49. The Morgan fingerprint density at radius 2 is 1.63 bits per heavy atom. The number of benzene rings is 2. The molecule has 0 saturated heterocycles. The molecule has 0 radical (unpaired) electrons. The molecule has 46 heavy (non-hydrogen) atoms. The highest BCUT2D eigenvalue weighted by Gasteiger charge is 2.16. The van der Waals surface area contributed by atoms with Crippen molar-refractivity contribution >= 4 is 51.3 Å². The van der Waals surface area contributed by atoms with Crippen molar-refractivity contribution < 1.29 is 14.4 Å². The predicted molar refractivity (Wildman–Crippen MR) is 176 cm³/mol. The molecule has 0 aliphatic rings. The highest BCUT2D eigenvalue weighted by Crippen LogP contribution is 2.31. The van der Waals surface area contributed by atoms with Crippen molar-refractivity contribution in [2.45, 2.75) is 19.3 Å². The van der Waals surface area contributed by atoms with E-state index in [1.165, 1.54) is 0 Å². The van der Waals surface area contributed by atoms with E-state index in [4.69, 9.17) is 26.6 Å². The van der Waals surface area contributed by atoms with E-state index in [-0.39, 0.29) is 31.4 Å². The summed E-state index contributed by atoms with van der Waals surface area (Å²) in [6.45, 7) is 2.17. The maximum atomic E-state index is 12.0. The number of nitrogens with one attached hydrogen (secondary N) is 7. The van der Waals surface area contributed by atoms with Crippen molar-refractivity contribution in [1.29, 1.82) is 10.9 Å². The lowest BCUT2D eigenvalue weighted by Gasteiger charge is -2.17. The molecule has 0 saturated carbocycles. The monoisotopic (exact) mass is 628 g/mol. The maximum Gasteiger partial charge on any atom is 0.239 e. The number of rotatable bonds is 17. The van der Waals surface area contributed by atoms with Crippen LogP contribution in [0.25, 0.3) is 21.9 Å². The molecule has 0 spiro atoms. The molecule has 4 rings (SSSR count). The van der Waals surface area contributed by atoms with Crippen LogP contribution in [0, 0.1) is 10.9 Å². The first-order chi connectivity index (χ1) is 22.3. The summed E-state index contributed by atoms with van der Waals surface area (Å²) >= 11 is 0. The second-order valence-corrected chi connectivity index (χ2v) is 10.8. The Balaban J connectivity index is 1.28. The number of amides is 3. The standard InChI is InChI=1S/C31H40N12O3/c1-43(13-5-11-35-26(45)18-38-27(46)19-37-25(44)17-32)14-6-12-36-30-28-22-10-9-21(29(33)42-34)16-23(22)39-31(28)41-24(40-30)15-20-7-3-2-4-8-20/h2-4,7-10,16,33-34H,5-6,11-15,17-19,32H2,1H3,(H,35,45)(H,37,44)(H,38,46)(H2,36,39,40,41). The molecule has 0 aliphatic carbocycles. The van der Waals surface area contributed by atoms with Crippen LogP contribution in [0.4, 0.5) is 5.82 Å². The van der Waals surface area contributed by atoms with E-state index in [1.54, 1.807) is 12.1 Å². The third-order valence-electron chi connectivity index (χ3n) is 7.21. The van der Waals surface area contributed by atoms with Gasteiger partial charge in [0.1, 0.15) is 17.3 Å². The molecule has 0 bridgehead atoms. The number of carbonyl (C=O) groups is 3. The molecule has 242 valence electrons. The Morgan fingerprint density at radius 3 is 2.35 bits per heavy atom. The van der Waals surface area contributed by atoms with E-state index in [0.29, 0.717) is 36.5 Å². The first-order valence-corrected chi connectivity index (χ1v) is 15.0. The summed E-state index contributed by atoms with van der Waals surface area (Å²) in [7, 11) is 2.02. The summed E-state index contributed by atoms with van der Waals surface area (Å²) in [6, 6.07) is 15.5. The molecule has 4 aromatic rings. The summed E-state index contributed by atoms with van der Waals surface area (Å²) in [4.78, 5) is 50.0. The van der Waals surface area contributed by atoms with Crippen LogP contribution in [0.1, 0.15) is 29.8 Å². The van der Waals surface area contributed by atoms with E-state index < -0.39 is 11.8 Å². The molecule has 3 amide bonds. The Morgan fingerprint density at radius 1 is 0.935 bits per heavy atom. The van der Waals surface area contributed by atoms with Gasteiger partial charge in [0, 0.05) is 36.0 Å². The van der Waals surface area contributed by atoms with E-state index in [9.17, 15) is 14.4 Å². The zero-order valence-corrected chi connectivity index (χ0v) is 25.8. The number of anilines is 1. The summed E-state index contributed by atoms with van der Waals surface area (Å²) in [5.41, 5.74) is 15.5. The Kier molecular flexibility index (Phi) is 12.2. The summed E-state index contributed by atoms with van der Waals surface area (Å²) in [5.74, 6) is 0.0955. The smallest absolute Gasteiger partial charge is 0.239 e. The average Bonchev–Trinajstić information content (AvgIpc) is 3.44. The molecule has 2 heterocycles. The van der Waals surface area contributed by atoms with Gasteiger partial charge in [-0.05, 0) is 44.6 Å². The van der Waals surface area contributed by atoms with Crippen LogP contribution in [0.5, 0.6) is 0 Å². The number of carbonyl (C=O) groups excluding carboxylic acids is 3. The number of aromatic nitrogens is 3. The maximum absolute atomic E-state index is 12.0. The number of hydrogen-bond acceptors (Lipinski definition) is 10. The highest BCUT2D eigenvalue weighted by molar-refractivity contribution is 6.13. The zero-order valence-electron chi connectivity index (χ0n) is 25.8. The third kappa shape index (κ3) is 9.61. The highest BCUT2D eigenvalue weighted by atomic mass is 16.2. The van der Waals surface area contributed by atoms with Crippen molar-refractivity contribution in [3.05, 3.63) is 65.5 Å². The zero-order chi connectivity index (χ0) is 32.9. The Bertz CT molecular complexity index is 1690. The molecule has 2 aromatic carbocycles. The van der Waals surface area contributed by atoms with Gasteiger partial charge >= 0.3 is 0 Å². The van der Waals surface area contributed by atoms with Crippen molar-refractivity contribution in [2.75, 3.05) is 58.2 Å². The second kappa shape index (κ2) is 16.7. The molecule has 0 unspecified atom stereocenters. The third-order valence-corrected chi connectivity index (χ3v) is 7.21. The molecular weight excluding hydrogens is 588 g/mol. The quantitative estimate of drug-likeness (QED) is 0.0369. The SMILES string of the molecule is CN(CCCNC(=O)CNC(=O)CNC(=O)CN)CCCNc1nc(Cc2ccccc2)nc2[nH]c3cc(C(=N)N=N)ccc3c12. The van der Waals surface area contributed by atoms with Gasteiger partial charge in [0.05, 0.1) is 25.0 Å². The molecule has 15 heteroatoms. The first kappa shape index (κ1) is 33.6. The molecule has 2 aromatic heterocycles. The number of hydrogen-bond donors (Lipinski definition) is 8. The van der Waals surface area contributed by atoms with Gasteiger partial charge in [-0.1, -0.05) is 42.5 Å². The molecule has 0 aliphatic heterocycles. The number of nitrogens with two attached hydrogens (primary N) is 1. The molecule has 0 fully saturated rings. The minimum absolute atomic E-state index is 0.114. The van der Waals surface area contributed by atoms with Crippen molar-refractivity contribution in [2.24, 2.45) is 10.8 Å². The molecule has 15 nitrogen and oxygen atoms in total. The van der Waals surface area contributed by atoms with E-state index >= 15 is 0 Å². The molecule has 9 N–H and O–H groups in total. The van der Waals surface area contributed by atoms with E-state index in [0.717, 1.165) is 53.6 Å². The van der Waals surface area contributed by atoms with Crippen LogP contribution in [0.3, 0.4) is 0 Å². The van der Waals surface area contributed by atoms with Gasteiger partial charge in [0.2, 0.25) is 17.7 Å². The van der Waals surface area contributed by atoms with Gasteiger partial charge in [-0.25, -0.2) is 15.5 Å². The minimum Gasteiger partial charge on any atom is -0.369 e. The summed E-state index contributed by atoms with van der Waals surface area (Å²) in [6.07, 6.45) is 2.17. The second-order valence-electron chi connectivity index (χ2n) is 10.8. The van der Waals surface area contributed by atoms with Crippen molar-refractivity contribution in [1.82, 2.24) is 35.8 Å². The first-order valence-electron chi connectivity index (χ1n) is 15.0. The number of fused-ring (bicyclic) bond motifs is 3. The number of aromatic amines is 1. The van der Waals surface area contributed by atoms with E-state index in [1.807, 2.05) is 43.4 Å². The van der Waals surface area contributed by atoms with Gasteiger partial charge < -0.3 is 36.9 Å². The van der Waals surface area contributed by atoms with E-state index in [2.05, 4.69) is 36.3 Å². The molecular formula is C31H40N12O3. The van der Waals surface area contributed by atoms with Crippen LogP contribution < -0.4 is 27.0 Å². The van der Waals surface area contributed by atoms with Gasteiger partial charge in [-0.3, -0.25) is 19.8 Å². The Hall–Kier alpha value is -5.28. The van der Waals surface area contributed by atoms with Crippen LogP contribution in [-0.4, -0.2) is 96.3 Å². The van der Waals surface area contributed by atoms with Gasteiger partial charge in [0.25, 0.3) is 0 Å². The van der Waals surface area contributed by atoms with Crippen LogP contribution in [0.2, 0.25) is 0 Å². The normalized spacial score (nSPS) is 11.0. The average molecular weight is 629 g/mol. The van der Waals surface area contributed by atoms with Crippen LogP contribution >= 0.6 is 0 Å². The lowest BCUT2D eigenvalue weighted by atomic mass is 10.1. The fourth-order valence-electron chi connectivity index (χ4n) is 4.84.